The zero-order chi connectivity index (χ0) is 19.3. The average molecular weight is 386 g/mol. The van der Waals surface area contributed by atoms with Crippen LogP contribution in [0.15, 0.2) is 44.5 Å². The Morgan fingerprint density at radius 2 is 1.78 bits per heavy atom. The van der Waals surface area contributed by atoms with E-state index in [9.17, 15) is 9.59 Å². The zero-order valence-corrected chi connectivity index (χ0v) is 15.7. The third-order valence-electron chi connectivity index (χ3n) is 4.47. The summed E-state index contributed by atoms with van der Waals surface area (Å²) in [5, 5.41) is 0.100. The van der Waals surface area contributed by atoms with Gasteiger partial charge in [0.2, 0.25) is 11.2 Å². The van der Waals surface area contributed by atoms with Gasteiger partial charge in [-0.1, -0.05) is 17.7 Å². The van der Waals surface area contributed by atoms with Crippen molar-refractivity contribution in [2.24, 2.45) is 14.1 Å². The molecule has 0 bridgehead atoms. The molecular formula is C18H16ClN5O3. The van der Waals surface area contributed by atoms with E-state index in [1.807, 2.05) is 31.2 Å². The van der Waals surface area contributed by atoms with Crippen LogP contribution in [0.2, 0.25) is 5.28 Å². The van der Waals surface area contributed by atoms with Crippen LogP contribution >= 0.6 is 11.6 Å². The minimum absolute atomic E-state index is 0.100. The van der Waals surface area contributed by atoms with Gasteiger partial charge in [-0.2, -0.15) is 4.98 Å². The molecule has 0 atom stereocenters. The van der Waals surface area contributed by atoms with Gasteiger partial charge in [-0.25, -0.2) is 9.78 Å². The molecule has 0 radical (unpaired) electrons. The second kappa shape index (κ2) is 6.24. The van der Waals surface area contributed by atoms with Crippen molar-refractivity contribution in [3.8, 4) is 11.5 Å². The number of aromatic nitrogens is 5. The average Bonchev–Trinajstić information content (AvgIpc) is 3.24. The van der Waals surface area contributed by atoms with Gasteiger partial charge < -0.3 is 8.98 Å². The van der Waals surface area contributed by atoms with Crippen LogP contribution < -0.4 is 11.2 Å². The second-order valence-electron chi connectivity index (χ2n) is 6.35. The first-order chi connectivity index (χ1) is 12.9. The highest BCUT2D eigenvalue weighted by Gasteiger charge is 2.19. The molecule has 0 fully saturated rings. The fraction of sp³-hybridized carbons (Fsp3) is 0.222. The van der Waals surface area contributed by atoms with Gasteiger partial charge in [0.1, 0.15) is 6.26 Å². The number of imidazole rings is 1. The van der Waals surface area contributed by atoms with Gasteiger partial charge in [0.15, 0.2) is 11.2 Å². The first kappa shape index (κ1) is 17.3. The molecule has 0 aliphatic rings. The normalized spacial score (nSPS) is 11.4. The molecule has 8 nitrogen and oxygen atoms in total. The highest BCUT2D eigenvalue weighted by atomic mass is 35.5. The van der Waals surface area contributed by atoms with Crippen molar-refractivity contribution in [3.63, 3.8) is 0 Å². The van der Waals surface area contributed by atoms with E-state index in [0.717, 1.165) is 15.7 Å². The lowest BCUT2D eigenvalue weighted by Gasteiger charge is -2.05. The number of rotatable bonds is 3. The summed E-state index contributed by atoms with van der Waals surface area (Å²) >= 11 is 6.24. The van der Waals surface area contributed by atoms with Crippen molar-refractivity contribution in [1.82, 2.24) is 23.7 Å². The van der Waals surface area contributed by atoms with E-state index >= 15 is 0 Å². The third kappa shape index (κ3) is 2.78. The fourth-order valence-electron chi connectivity index (χ4n) is 2.93. The Hall–Kier alpha value is -3.13. The largest absolute Gasteiger partial charge is 0.444 e. The fourth-order valence-corrected chi connectivity index (χ4v) is 3.16. The Morgan fingerprint density at radius 3 is 2.48 bits per heavy atom. The maximum absolute atomic E-state index is 12.6. The van der Waals surface area contributed by atoms with Gasteiger partial charge in [-0.3, -0.25) is 13.9 Å². The minimum atomic E-state index is -0.463. The molecule has 0 spiro atoms. The number of benzene rings is 1. The molecule has 4 rings (SSSR count). The van der Waals surface area contributed by atoms with Crippen LogP contribution in [0.4, 0.5) is 0 Å². The summed E-state index contributed by atoms with van der Waals surface area (Å²) in [5.41, 5.74) is 2.13. The molecule has 0 aliphatic heterocycles. The van der Waals surface area contributed by atoms with E-state index in [-0.39, 0.29) is 23.0 Å². The van der Waals surface area contributed by atoms with Crippen LogP contribution in [0, 0.1) is 6.92 Å². The Morgan fingerprint density at radius 1 is 1.07 bits per heavy atom. The van der Waals surface area contributed by atoms with Gasteiger partial charge in [0.25, 0.3) is 5.56 Å². The zero-order valence-electron chi connectivity index (χ0n) is 14.9. The van der Waals surface area contributed by atoms with Gasteiger partial charge in [-0.05, 0) is 30.7 Å². The molecule has 0 saturated carbocycles. The van der Waals surface area contributed by atoms with E-state index in [4.69, 9.17) is 16.0 Å². The molecule has 3 heterocycles. The number of nitrogens with zero attached hydrogens (tertiary/aromatic N) is 5. The molecule has 9 heteroatoms. The van der Waals surface area contributed by atoms with Gasteiger partial charge in [0, 0.05) is 19.7 Å². The summed E-state index contributed by atoms with van der Waals surface area (Å²) in [6.45, 7) is 2.20. The van der Waals surface area contributed by atoms with Crippen LogP contribution in [-0.2, 0) is 20.6 Å². The molecule has 0 aliphatic carbocycles. The quantitative estimate of drug-likeness (QED) is 0.504. The highest BCUT2D eigenvalue weighted by Crippen LogP contribution is 2.22. The van der Waals surface area contributed by atoms with Gasteiger partial charge in [-0.15, -0.1) is 0 Å². The number of oxazole rings is 1. The number of halogens is 1. The summed E-state index contributed by atoms with van der Waals surface area (Å²) in [5.74, 6) is 0.478. The van der Waals surface area contributed by atoms with Crippen molar-refractivity contribution in [3.05, 3.63) is 67.9 Å². The predicted molar refractivity (Wildman–Crippen MR) is 101 cm³/mol. The van der Waals surface area contributed by atoms with Crippen molar-refractivity contribution in [2.75, 3.05) is 0 Å². The third-order valence-corrected chi connectivity index (χ3v) is 4.76. The molecule has 4 aromatic rings. The Balaban J connectivity index is 1.79. The highest BCUT2D eigenvalue weighted by molar-refractivity contribution is 6.29. The molecule has 138 valence electrons. The number of fused-ring (bicyclic) bond motifs is 1. The predicted octanol–water partition coefficient (Wildman–Crippen LogP) is 2.10. The SMILES string of the molecule is Cc1ccc(-c2nc(Cn3c(Cl)nc4c3c(=O)n(C)c(=O)n4C)co2)cc1. The standard InChI is InChI=1S/C18H16ClN5O3/c1-10-4-6-11(7-5-10)15-20-12(9-27-15)8-24-13-14(21-17(24)19)22(2)18(26)23(3)16(13)25/h4-7,9H,8H2,1-3H3. The number of aryl methyl sites for hydroxylation is 2. The van der Waals surface area contributed by atoms with Crippen molar-refractivity contribution in [2.45, 2.75) is 13.5 Å². The molecule has 0 N–H and O–H groups in total. The Kier molecular flexibility index (Phi) is 4.00. The molecule has 0 saturated heterocycles. The van der Waals surface area contributed by atoms with E-state index in [2.05, 4.69) is 9.97 Å². The van der Waals surface area contributed by atoms with Crippen molar-refractivity contribution in [1.29, 1.82) is 0 Å². The van der Waals surface area contributed by atoms with Crippen molar-refractivity contribution >= 4 is 22.8 Å². The lowest BCUT2D eigenvalue weighted by Crippen LogP contribution is -2.37. The summed E-state index contributed by atoms with van der Waals surface area (Å²) in [6.07, 6.45) is 1.52. The van der Waals surface area contributed by atoms with Crippen LogP contribution in [0.25, 0.3) is 22.6 Å². The van der Waals surface area contributed by atoms with E-state index < -0.39 is 11.2 Å². The smallest absolute Gasteiger partial charge is 0.332 e. The Bertz CT molecular complexity index is 1280. The lowest BCUT2D eigenvalue weighted by molar-refractivity contribution is 0.571. The van der Waals surface area contributed by atoms with Gasteiger partial charge >= 0.3 is 5.69 Å². The number of hydrogen-bond donors (Lipinski definition) is 0. The van der Waals surface area contributed by atoms with E-state index in [1.54, 1.807) is 7.05 Å². The maximum atomic E-state index is 12.6. The number of hydrogen-bond acceptors (Lipinski definition) is 5. The summed E-state index contributed by atoms with van der Waals surface area (Å²) in [6, 6.07) is 7.81. The van der Waals surface area contributed by atoms with Crippen LogP contribution in [0.1, 0.15) is 11.3 Å². The van der Waals surface area contributed by atoms with E-state index in [0.29, 0.717) is 11.6 Å². The molecule has 3 aromatic heterocycles. The van der Waals surface area contributed by atoms with Crippen LogP contribution in [0.5, 0.6) is 0 Å². The topological polar surface area (TPSA) is 87.9 Å². The van der Waals surface area contributed by atoms with Crippen LogP contribution in [-0.4, -0.2) is 23.7 Å². The molecule has 27 heavy (non-hydrogen) atoms. The minimum Gasteiger partial charge on any atom is -0.444 e. The summed E-state index contributed by atoms with van der Waals surface area (Å²) in [7, 11) is 2.96. The molecule has 0 amide bonds. The van der Waals surface area contributed by atoms with Crippen LogP contribution in [0.3, 0.4) is 0 Å². The lowest BCUT2D eigenvalue weighted by atomic mass is 10.1. The summed E-state index contributed by atoms with van der Waals surface area (Å²) < 4.78 is 9.40. The van der Waals surface area contributed by atoms with Crippen molar-refractivity contribution < 1.29 is 4.42 Å². The molecule has 1 aromatic carbocycles. The Labute approximate surface area is 158 Å². The maximum Gasteiger partial charge on any atom is 0.332 e. The first-order valence-corrected chi connectivity index (χ1v) is 8.58. The second-order valence-corrected chi connectivity index (χ2v) is 6.69. The van der Waals surface area contributed by atoms with Gasteiger partial charge in [0.05, 0.1) is 12.2 Å². The summed E-state index contributed by atoms with van der Waals surface area (Å²) in [4.78, 5) is 33.3. The first-order valence-electron chi connectivity index (χ1n) is 8.20. The molecular weight excluding hydrogens is 370 g/mol. The monoisotopic (exact) mass is 385 g/mol. The van der Waals surface area contributed by atoms with E-state index in [1.165, 1.54) is 22.4 Å². The molecule has 0 unspecified atom stereocenters.